The minimum absolute atomic E-state index is 0.0261. The second-order valence-electron chi connectivity index (χ2n) is 8.08. The summed E-state index contributed by atoms with van der Waals surface area (Å²) in [4.78, 5) is 30.1. The fraction of sp³-hybridized carbons (Fsp3) is 0.250. The number of hydrogen-bond acceptors (Lipinski definition) is 6. The van der Waals surface area contributed by atoms with Crippen molar-refractivity contribution in [3.05, 3.63) is 59.2 Å². The summed E-state index contributed by atoms with van der Waals surface area (Å²) in [5.41, 5.74) is 3.41. The molecule has 0 fully saturated rings. The standard InChI is InChI=1S/C24H25N5O4/c1-12(2)25-24(31)28-19-9-7-6-8-18(19)26-22(30)17-11-20(16-10-13(3)32-15(16)5)27-23-21(17)14(4)29-33-23/h6-12H,1-5H3,(H,26,30)(H2,25,28,31). The molecule has 0 aliphatic rings. The van der Waals surface area contributed by atoms with Crippen LogP contribution in [0.25, 0.3) is 22.4 Å². The summed E-state index contributed by atoms with van der Waals surface area (Å²) in [6.45, 7) is 9.17. The van der Waals surface area contributed by atoms with Crippen molar-refractivity contribution in [1.82, 2.24) is 15.5 Å². The highest BCUT2D eigenvalue weighted by atomic mass is 16.5. The predicted octanol–water partition coefficient (Wildman–Crippen LogP) is 5.19. The van der Waals surface area contributed by atoms with Gasteiger partial charge in [0, 0.05) is 11.6 Å². The second-order valence-corrected chi connectivity index (χ2v) is 8.08. The molecule has 3 N–H and O–H groups in total. The van der Waals surface area contributed by atoms with Crippen molar-refractivity contribution in [2.45, 2.75) is 40.7 Å². The zero-order valence-electron chi connectivity index (χ0n) is 19.1. The number of hydrogen-bond donors (Lipinski definition) is 3. The van der Waals surface area contributed by atoms with Gasteiger partial charge in [-0.25, -0.2) is 9.78 Å². The molecule has 0 bridgehead atoms. The van der Waals surface area contributed by atoms with Crippen molar-refractivity contribution in [2.24, 2.45) is 0 Å². The zero-order valence-corrected chi connectivity index (χ0v) is 19.1. The number of urea groups is 1. The van der Waals surface area contributed by atoms with Crippen LogP contribution in [-0.4, -0.2) is 28.1 Å². The number of fused-ring (bicyclic) bond motifs is 1. The Bertz CT molecular complexity index is 1350. The van der Waals surface area contributed by atoms with Gasteiger partial charge in [0.1, 0.15) is 11.5 Å². The number of carbonyl (C=O) groups excluding carboxylic acids is 2. The van der Waals surface area contributed by atoms with E-state index in [1.54, 1.807) is 37.3 Å². The minimum Gasteiger partial charge on any atom is -0.466 e. The van der Waals surface area contributed by atoms with E-state index in [2.05, 4.69) is 26.1 Å². The highest BCUT2D eigenvalue weighted by Crippen LogP contribution is 2.31. The van der Waals surface area contributed by atoms with Gasteiger partial charge in [-0.1, -0.05) is 17.3 Å². The van der Waals surface area contributed by atoms with Crippen molar-refractivity contribution in [3.8, 4) is 11.3 Å². The number of amides is 3. The first-order valence-electron chi connectivity index (χ1n) is 10.5. The number of rotatable bonds is 5. The lowest BCUT2D eigenvalue weighted by atomic mass is 10.1. The first kappa shape index (κ1) is 22.1. The number of pyridine rings is 1. The maximum Gasteiger partial charge on any atom is 0.319 e. The average Bonchev–Trinajstić information content (AvgIpc) is 3.29. The fourth-order valence-electron chi connectivity index (χ4n) is 3.61. The molecule has 9 nitrogen and oxygen atoms in total. The Labute approximate surface area is 190 Å². The molecule has 4 rings (SSSR count). The van der Waals surface area contributed by atoms with Gasteiger partial charge in [0.15, 0.2) is 0 Å². The molecule has 3 aromatic heterocycles. The SMILES string of the molecule is Cc1cc(-c2cc(C(=O)Nc3ccccc3NC(=O)NC(C)C)c3c(C)noc3n2)c(C)o1. The largest absolute Gasteiger partial charge is 0.466 e. The number of anilines is 2. The zero-order chi connectivity index (χ0) is 23.7. The third-order valence-corrected chi connectivity index (χ3v) is 5.02. The quantitative estimate of drug-likeness (QED) is 0.387. The monoisotopic (exact) mass is 447 g/mol. The molecule has 1 aromatic carbocycles. The van der Waals surface area contributed by atoms with E-state index < -0.39 is 0 Å². The maximum atomic E-state index is 13.4. The van der Waals surface area contributed by atoms with Gasteiger partial charge in [0.25, 0.3) is 11.6 Å². The third kappa shape index (κ3) is 4.57. The lowest BCUT2D eigenvalue weighted by Gasteiger charge is -2.14. The number of benzene rings is 1. The van der Waals surface area contributed by atoms with Crippen LogP contribution in [-0.2, 0) is 0 Å². The van der Waals surface area contributed by atoms with Crippen molar-refractivity contribution >= 4 is 34.4 Å². The molecule has 0 spiro atoms. The molecule has 0 atom stereocenters. The second kappa shape index (κ2) is 8.78. The van der Waals surface area contributed by atoms with Gasteiger partial charge in [-0.15, -0.1) is 0 Å². The van der Waals surface area contributed by atoms with Crippen LogP contribution in [0.15, 0.2) is 45.3 Å². The van der Waals surface area contributed by atoms with Crippen LogP contribution in [0, 0.1) is 20.8 Å². The van der Waals surface area contributed by atoms with E-state index in [1.165, 1.54) is 0 Å². The number of para-hydroxylation sites is 2. The Morgan fingerprint density at radius 2 is 1.70 bits per heavy atom. The Morgan fingerprint density at radius 1 is 1.00 bits per heavy atom. The van der Waals surface area contributed by atoms with E-state index in [4.69, 9.17) is 8.94 Å². The molecule has 0 saturated carbocycles. The van der Waals surface area contributed by atoms with Crippen LogP contribution < -0.4 is 16.0 Å². The van der Waals surface area contributed by atoms with Crippen molar-refractivity contribution in [2.75, 3.05) is 10.6 Å². The van der Waals surface area contributed by atoms with E-state index in [9.17, 15) is 9.59 Å². The van der Waals surface area contributed by atoms with Gasteiger partial charge in [0.05, 0.1) is 33.7 Å². The number of carbonyl (C=O) groups is 2. The summed E-state index contributed by atoms with van der Waals surface area (Å²) >= 11 is 0. The van der Waals surface area contributed by atoms with Gasteiger partial charge >= 0.3 is 6.03 Å². The van der Waals surface area contributed by atoms with E-state index in [0.717, 1.165) is 11.3 Å². The topological polar surface area (TPSA) is 122 Å². The summed E-state index contributed by atoms with van der Waals surface area (Å²) in [5, 5.41) is 12.9. The number of furan rings is 1. The Balaban J connectivity index is 1.72. The minimum atomic E-state index is -0.383. The Kier molecular flexibility index (Phi) is 5.87. The van der Waals surface area contributed by atoms with Crippen molar-refractivity contribution < 1.29 is 18.5 Å². The molecule has 0 aliphatic heterocycles. The van der Waals surface area contributed by atoms with Gasteiger partial charge < -0.3 is 24.9 Å². The van der Waals surface area contributed by atoms with Crippen LogP contribution in [0.3, 0.4) is 0 Å². The van der Waals surface area contributed by atoms with E-state index in [-0.39, 0.29) is 23.7 Å². The smallest absolute Gasteiger partial charge is 0.319 e. The predicted molar refractivity (Wildman–Crippen MR) is 125 cm³/mol. The normalized spacial score (nSPS) is 11.1. The fourth-order valence-corrected chi connectivity index (χ4v) is 3.61. The molecule has 0 saturated heterocycles. The molecule has 0 radical (unpaired) electrons. The lowest BCUT2D eigenvalue weighted by molar-refractivity contribution is 0.102. The first-order chi connectivity index (χ1) is 15.7. The summed E-state index contributed by atoms with van der Waals surface area (Å²) in [6, 6.07) is 10.1. The number of aromatic nitrogens is 2. The summed E-state index contributed by atoms with van der Waals surface area (Å²) in [5.74, 6) is 1.04. The highest BCUT2D eigenvalue weighted by molar-refractivity contribution is 6.14. The average molecular weight is 447 g/mol. The number of nitrogens with zero attached hydrogens (tertiary/aromatic N) is 2. The molecule has 170 valence electrons. The highest BCUT2D eigenvalue weighted by Gasteiger charge is 2.22. The van der Waals surface area contributed by atoms with E-state index >= 15 is 0 Å². The number of aryl methyl sites for hydroxylation is 3. The Morgan fingerprint density at radius 3 is 2.33 bits per heavy atom. The lowest BCUT2D eigenvalue weighted by Crippen LogP contribution is -2.34. The van der Waals surface area contributed by atoms with Gasteiger partial charge in [0.2, 0.25) is 0 Å². The maximum absolute atomic E-state index is 13.4. The summed E-state index contributed by atoms with van der Waals surface area (Å²) in [6.07, 6.45) is 0. The molecule has 3 heterocycles. The van der Waals surface area contributed by atoms with Crippen LogP contribution in [0.5, 0.6) is 0 Å². The van der Waals surface area contributed by atoms with Gasteiger partial charge in [-0.05, 0) is 58.9 Å². The van der Waals surface area contributed by atoms with Crippen LogP contribution in [0.4, 0.5) is 16.2 Å². The van der Waals surface area contributed by atoms with Gasteiger partial charge in [-0.2, -0.15) is 0 Å². The van der Waals surface area contributed by atoms with Crippen molar-refractivity contribution in [3.63, 3.8) is 0 Å². The molecular weight excluding hydrogens is 422 g/mol. The van der Waals surface area contributed by atoms with Crippen LogP contribution >= 0.6 is 0 Å². The number of nitrogens with one attached hydrogen (secondary N) is 3. The molecule has 3 amide bonds. The third-order valence-electron chi connectivity index (χ3n) is 5.02. The van der Waals surface area contributed by atoms with Gasteiger partial charge in [-0.3, -0.25) is 4.79 Å². The summed E-state index contributed by atoms with van der Waals surface area (Å²) in [7, 11) is 0. The summed E-state index contributed by atoms with van der Waals surface area (Å²) < 4.78 is 11.0. The van der Waals surface area contributed by atoms with Crippen LogP contribution in [0.1, 0.15) is 41.4 Å². The molecule has 33 heavy (non-hydrogen) atoms. The molecule has 9 heteroatoms. The molecular formula is C24H25N5O4. The Hall–Kier alpha value is -4.14. The van der Waals surface area contributed by atoms with E-state index in [0.29, 0.717) is 39.5 Å². The molecule has 0 aliphatic carbocycles. The van der Waals surface area contributed by atoms with Crippen molar-refractivity contribution in [1.29, 1.82) is 0 Å². The van der Waals surface area contributed by atoms with E-state index in [1.807, 2.05) is 33.8 Å². The molecule has 4 aromatic rings. The van der Waals surface area contributed by atoms with Crippen LogP contribution in [0.2, 0.25) is 0 Å². The molecule has 0 unspecified atom stereocenters. The first-order valence-corrected chi connectivity index (χ1v) is 10.5.